The van der Waals surface area contributed by atoms with E-state index in [2.05, 4.69) is 61.6 Å². The van der Waals surface area contributed by atoms with E-state index < -0.39 is 0 Å². The molecule has 0 aliphatic carbocycles. The summed E-state index contributed by atoms with van der Waals surface area (Å²) >= 11 is 0. The van der Waals surface area contributed by atoms with Crippen molar-refractivity contribution in [3.8, 4) is 0 Å². The molecule has 0 fully saturated rings. The molecule has 20 heavy (non-hydrogen) atoms. The van der Waals surface area contributed by atoms with Crippen molar-refractivity contribution in [2.24, 2.45) is 5.92 Å². The highest BCUT2D eigenvalue weighted by Gasteiger charge is 2.30. The molecule has 1 amide bonds. The molecule has 1 heterocycles. The molecule has 110 valence electrons. The molecule has 1 aromatic carbocycles. The van der Waals surface area contributed by atoms with Gasteiger partial charge in [-0.15, -0.1) is 0 Å². The minimum absolute atomic E-state index is 0.0529. The van der Waals surface area contributed by atoms with E-state index in [0.717, 1.165) is 36.4 Å². The van der Waals surface area contributed by atoms with E-state index in [-0.39, 0.29) is 11.9 Å². The summed E-state index contributed by atoms with van der Waals surface area (Å²) in [6.07, 6.45) is 1.02. The Bertz CT molecular complexity index is 485. The Hall–Kier alpha value is -1.55. The second kappa shape index (κ2) is 6.27. The molecule has 4 nitrogen and oxygen atoms in total. The lowest BCUT2D eigenvalue weighted by Gasteiger charge is -2.22. The fourth-order valence-corrected chi connectivity index (χ4v) is 2.63. The van der Waals surface area contributed by atoms with Gasteiger partial charge in [-0.1, -0.05) is 26.8 Å². The average Bonchev–Trinajstić information content (AvgIpc) is 2.70. The molecule has 1 atom stereocenters. The number of hydrogen-bond donors (Lipinski definition) is 2. The number of fused-ring (bicyclic) bond motifs is 1. The third-order valence-corrected chi connectivity index (χ3v) is 3.55. The van der Waals surface area contributed by atoms with Crippen LogP contribution in [-0.4, -0.2) is 26.0 Å². The van der Waals surface area contributed by atoms with Gasteiger partial charge in [-0.2, -0.15) is 0 Å². The summed E-state index contributed by atoms with van der Waals surface area (Å²) < 4.78 is 0. The van der Waals surface area contributed by atoms with Crippen molar-refractivity contribution in [1.29, 1.82) is 0 Å². The molecule has 1 aliphatic heterocycles. The van der Waals surface area contributed by atoms with Gasteiger partial charge in [0.05, 0.1) is 0 Å². The maximum atomic E-state index is 12.0. The summed E-state index contributed by atoms with van der Waals surface area (Å²) in [7, 11) is 2.09. The van der Waals surface area contributed by atoms with E-state index in [1.165, 1.54) is 0 Å². The molecule has 0 saturated carbocycles. The first-order chi connectivity index (χ1) is 9.52. The molecule has 1 aliphatic rings. The number of amides is 1. The second-order valence-electron chi connectivity index (χ2n) is 5.92. The monoisotopic (exact) mass is 275 g/mol. The molecular weight excluding hydrogens is 250 g/mol. The molecule has 2 N–H and O–H groups in total. The fourth-order valence-electron chi connectivity index (χ4n) is 2.63. The van der Waals surface area contributed by atoms with Crippen LogP contribution in [0.15, 0.2) is 18.2 Å². The van der Waals surface area contributed by atoms with Crippen molar-refractivity contribution in [3.63, 3.8) is 0 Å². The molecule has 0 spiro atoms. The van der Waals surface area contributed by atoms with E-state index >= 15 is 0 Å². The third kappa shape index (κ3) is 3.12. The number of anilines is 2. The zero-order chi connectivity index (χ0) is 14.7. The minimum Gasteiger partial charge on any atom is -0.374 e. The molecular formula is C16H25N3O. The van der Waals surface area contributed by atoms with Crippen molar-refractivity contribution in [2.75, 3.05) is 30.4 Å². The molecule has 1 aromatic rings. The molecule has 0 aromatic heterocycles. The summed E-state index contributed by atoms with van der Waals surface area (Å²) in [4.78, 5) is 14.2. The smallest absolute Gasteiger partial charge is 0.246 e. The van der Waals surface area contributed by atoms with E-state index in [0.29, 0.717) is 5.92 Å². The Morgan fingerprint density at radius 2 is 2.15 bits per heavy atom. The van der Waals surface area contributed by atoms with Crippen molar-refractivity contribution in [2.45, 2.75) is 33.2 Å². The normalized spacial score (nSPS) is 17.2. The minimum atomic E-state index is -0.200. The van der Waals surface area contributed by atoms with Crippen molar-refractivity contribution in [1.82, 2.24) is 5.32 Å². The first-order valence-electron chi connectivity index (χ1n) is 7.42. The zero-order valence-electron chi connectivity index (χ0n) is 12.9. The number of rotatable bonds is 6. The van der Waals surface area contributed by atoms with Gasteiger partial charge < -0.3 is 15.5 Å². The van der Waals surface area contributed by atoms with E-state index in [4.69, 9.17) is 0 Å². The van der Waals surface area contributed by atoms with Crippen LogP contribution in [0.1, 0.15) is 38.8 Å². The van der Waals surface area contributed by atoms with Crippen molar-refractivity contribution in [3.05, 3.63) is 23.8 Å². The molecule has 0 saturated heterocycles. The highest BCUT2D eigenvalue weighted by Crippen LogP contribution is 2.33. The quantitative estimate of drug-likeness (QED) is 0.839. The predicted octanol–water partition coefficient (Wildman–Crippen LogP) is 2.77. The van der Waals surface area contributed by atoms with Gasteiger partial charge in [0.15, 0.2) is 0 Å². The number of hydrogen-bond acceptors (Lipinski definition) is 3. The van der Waals surface area contributed by atoms with Crippen LogP contribution in [0, 0.1) is 5.92 Å². The average molecular weight is 275 g/mol. The third-order valence-electron chi connectivity index (χ3n) is 3.55. The van der Waals surface area contributed by atoms with Crippen LogP contribution >= 0.6 is 0 Å². The summed E-state index contributed by atoms with van der Waals surface area (Å²) in [6, 6.07) is 6.03. The van der Waals surface area contributed by atoms with Gasteiger partial charge in [0.25, 0.3) is 0 Å². The Labute approximate surface area is 121 Å². The van der Waals surface area contributed by atoms with Crippen LogP contribution in [0.4, 0.5) is 11.4 Å². The largest absolute Gasteiger partial charge is 0.374 e. The summed E-state index contributed by atoms with van der Waals surface area (Å²) in [5, 5.41) is 6.27. The standard InChI is InChI=1S/C16H25N3O/c1-5-8-17-15-13-7-6-12(19(4)10-11(2)3)9-14(13)18-16(15)20/h6-7,9,11,15,17H,5,8,10H2,1-4H3,(H,18,20). The first kappa shape index (κ1) is 14.9. The number of nitrogens with zero attached hydrogens (tertiary/aromatic N) is 1. The Kier molecular flexibility index (Phi) is 4.65. The Morgan fingerprint density at radius 1 is 1.40 bits per heavy atom. The lowest BCUT2D eigenvalue weighted by atomic mass is 10.1. The number of carbonyl (C=O) groups is 1. The van der Waals surface area contributed by atoms with Gasteiger partial charge in [0.1, 0.15) is 6.04 Å². The zero-order valence-corrected chi connectivity index (χ0v) is 12.9. The lowest BCUT2D eigenvalue weighted by molar-refractivity contribution is -0.117. The van der Waals surface area contributed by atoms with Crippen LogP contribution in [0.5, 0.6) is 0 Å². The van der Waals surface area contributed by atoms with Crippen LogP contribution in [0.25, 0.3) is 0 Å². The molecule has 1 unspecified atom stereocenters. The van der Waals surface area contributed by atoms with Gasteiger partial charge in [-0.05, 0) is 31.0 Å². The van der Waals surface area contributed by atoms with E-state index in [1.54, 1.807) is 0 Å². The van der Waals surface area contributed by atoms with Crippen molar-refractivity contribution >= 4 is 17.3 Å². The maximum absolute atomic E-state index is 12.0. The Morgan fingerprint density at radius 3 is 2.80 bits per heavy atom. The molecule has 4 heteroatoms. The van der Waals surface area contributed by atoms with Crippen molar-refractivity contribution < 1.29 is 4.79 Å². The summed E-state index contributed by atoms with van der Waals surface area (Å²) in [6.45, 7) is 8.37. The maximum Gasteiger partial charge on any atom is 0.246 e. The highest BCUT2D eigenvalue weighted by molar-refractivity contribution is 6.03. The number of carbonyl (C=O) groups excluding carboxylic acids is 1. The summed E-state index contributed by atoms with van der Waals surface area (Å²) in [5.74, 6) is 0.666. The highest BCUT2D eigenvalue weighted by atomic mass is 16.2. The number of benzene rings is 1. The molecule has 0 bridgehead atoms. The van der Waals surface area contributed by atoms with Crippen LogP contribution in [0.3, 0.4) is 0 Å². The number of nitrogens with one attached hydrogen (secondary N) is 2. The van der Waals surface area contributed by atoms with Gasteiger partial charge in [0.2, 0.25) is 5.91 Å². The van der Waals surface area contributed by atoms with Gasteiger partial charge in [-0.25, -0.2) is 0 Å². The first-order valence-corrected chi connectivity index (χ1v) is 7.42. The van der Waals surface area contributed by atoms with Crippen LogP contribution in [0.2, 0.25) is 0 Å². The van der Waals surface area contributed by atoms with Gasteiger partial charge in [0, 0.05) is 30.5 Å². The Balaban J connectivity index is 2.17. The fraction of sp³-hybridized carbons (Fsp3) is 0.562. The SMILES string of the molecule is CCCNC1C(=O)Nc2cc(N(C)CC(C)C)ccc21. The van der Waals surface area contributed by atoms with Crippen LogP contribution < -0.4 is 15.5 Å². The molecule has 0 radical (unpaired) electrons. The van der Waals surface area contributed by atoms with Crippen LogP contribution in [-0.2, 0) is 4.79 Å². The molecule has 2 rings (SSSR count). The topological polar surface area (TPSA) is 44.4 Å². The van der Waals surface area contributed by atoms with Gasteiger partial charge >= 0.3 is 0 Å². The predicted molar refractivity (Wildman–Crippen MR) is 84.2 cm³/mol. The van der Waals surface area contributed by atoms with E-state index in [9.17, 15) is 4.79 Å². The summed E-state index contributed by atoms with van der Waals surface area (Å²) in [5.41, 5.74) is 3.15. The lowest BCUT2D eigenvalue weighted by Crippen LogP contribution is -2.27. The van der Waals surface area contributed by atoms with E-state index in [1.807, 2.05) is 0 Å². The second-order valence-corrected chi connectivity index (χ2v) is 5.92. The van der Waals surface area contributed by atoms with Gasteiger partial charge in [-0.3, -0.25) is 4.79 Å².